The van der Waals surface area contributed by atoms with Gasteiger partial charge in [-0.3, -0.25) is 9.59 Å². The number of hydrogen-bond acceptors (Lipinski definition) is 5. The van der Waals surface area contributed by atoms with E-state index in [2.05, 4.69) is 0 Å². The molecule has 0 aromatic heterocycles. The Morgan fingerprint density at radius 2 is 1.80 bits per heavy atom. The first-order valence-electron chi connectivity index (χ1n) is 9.75. The van der Waals surface area contributed by atoms with E-state index in [9.17, 15) is 19.8 Å². The number of aryl methyl sites for hydroxylation is 1. The number of ketones is 1. The molecular formula is C23H25ClN2O4. The molecule has 1 heterocycles. The lowest BCUT2D eigenvalue weighted by atomic mass is 9.95. The van der Waals surface area contributed by atoms with Crippen LogP contribution in [-0.4, -0.2) is 58.9 Å². The van der Waals surface area contributed by atoms with E-state index in [0.29, 0.717) is 24.2 Å². The molecule has 6 nitrogen and oxygen atoms in total. The molecule has 1 fully saturated rings. The predicted octanol–water partition coefficient (Wildman–Crippen LogP) is 3.59. The highest BCUT2D eigenvalue weighted by Gasteiger charge is 2.46. The molecule has 2 aromatic rings. The molecule has 0 radical (unpaired) electrons. The van der Waals surface area contributed by atoms with Crippen LogP contribution in [0, 0.1) is 0 Å². The maximum Gasteiger partial charge on any atom is 0.295 e. The van der Waals surface area contributed by atoms with Crippen LogP contribution in [0.15, 0.2) is 48.0 Å². The van der Waals surface area contributed by atoms with E-state index in [1.807, 2.05) is 38.1 Å². The topological polar surface area (TPSA) is 81.1 Å². The van der Waals surface area contributed by atoms with E-state index in [0.717, 1.165) is 12.0 Å². The van der Waals surface area contributed by atoms with Crippen molar-refractivity contribution in [1.82, 2.24) is 9.80 Å². The van der Waals surface area contributed by atoms with Gasteiger partial charge >= 0.3 is 0 Å². The number of benzene rings is 2. The second kappa shape index (κ2) is 8.90. The highest BCUT2D eigenvalue weighted by molar-refractivity contribution is 6.46. The zero-order valence-electron chi connectivity index (χ0n) is 17.2. The fraction of sp³-hybridized carbons (Fsp3) is 0.304. The van der Waals surface area contributed by atoms with Crippen LogP contribution in [0.3, 0.4) is 0 Å². The van der Waals surface area contributed by atoms with E-state index in [4.69, 9.17) is 11.6 Å². The Morgan fingerprint density at radius 3 is 2.37 bits per heavy atom. The van der Waals surface area contributed by atoms with Gasteiger partial charge in [-0.1, -0.05) is 48.9 Å². The molecule has 3 rings (SSSR count). The number of phenolic OH excluding ortho intramolecular Hbond substituents is 1. The van der Waals surface area contributed by atoms with Crippen molar-refractivity contribution in [3.8, 4) is 5.75 Å². The molecule has 2 aromatic carbocycles. The largest absolute Gasteiger partial charge is 0.507 e. The van der Waals surface area contributed by atoms with Crippen molar-refractivity contribution >= 4 is 29.1 Å². The Kier molecular flexibility index (Phi) is 6.48. The minimum atomic E-state index is -0.797. The number of hydrogen-bond donors (Lipinski definition) is 2. The van der Waals surface area contributed by atoms with Crippen molar-refractivity contribution < 1.29 is 19.8 Å². The maximum atomic E-state index is 12.9. The number of aromatic hydroxyl groups is 1. The van der Waals surface area contributed by atoms with Gasteiger partial charge in [0.25, 0.3) is 11.7 Å². The Labute approximate surface area is 181 Å². The summed E-state index contributed by atoms with van der Waals surface area (Å²) in [5, 5.41) is 20.9. The summed E-state index contributed by atoms with van der Waals surface area (Å²) in [6.07, 6.45) is 0.849. The predicted molar refractivity (Wildman–Crippen MR) is 117 cm³/mol. The highest BCUT2D eigenvalue weighted by Crippen LogP contribution is 2.41. The number of rotatable bonds is 6. The summed E-state index contributed by atoms with van der Waals surface area (Å²) in [5.74, 6) is -1.73. The van der Waals surface area contributed by atoms with Gasteiger partial charge in [-0.25, -0.2) is 0 Å². The lowest BCUT2D eigenvalue weighted by Gasteiger charge is -2.26. The van der Waals surface area contributed by atoms with Crippen LogP contribution in [0.5, 0.6) is 5.75 Å². The molecule has 0 bridgehead atoms. The second-order valence-corrected chi connectivity index (χ2v) is 7.96. The first-order chi connectivity index (χ1) is 14.2. The highest BCUT2D eigenvalue weighted by atomic mass is 35.5. The molecule has 2 N–H and O–H groups in total. The molecule has 1 amide bonds. The molecule has 158 valence electrons. The third-order valence-corrected chi connectivity index (χ3v) is 5.55. The minimum Gasteiger partial charge on any atom is -0.507 e. The van der Waals surface area contributed by atoms with E-state index < -0.39 is 17.7 Å². The zero-order valence-corrected chi connectivity index (χ0v) is 18.0. The van der Waals surface area contributed by atoms with Crippen molar-refractivity contribution in [1.29, 1.82) is 0 Å². The summed E-state index contributed by atoms with van der Waals surface area (Å²) in [5.41, 5.74) is 2.12. The van der Waals surface area contributed by atoms with Gasteiger partial charge in [-0.2, -0.15) is 0 Å². The van der Waals surface area contributed by atoms with Crippen LogP contribution in [0.25, 0.3) is 5.76 Å². The Hall–Kier alpha value is -2.83. The fourth-order valence-electron chi connectivity index (χ4n) is 3.51. The van der Waals surface area contributed by atoms with Gasteiger partial charge in [0.15, 0.2) is 0 Å². The van der Waals surface area contributed by atoms with Gasteiger partial charge in [0.1, 0.15) is 11.5 Å². The molecule has 1 aliphatic rings. The van der Waals surface area contributed by atoms with Crippen molar-refractivity contribution in [3.05, 3.63) is 69.8 Å². The number of likely N-dealkylation sites (N-methyl/N-ethyl adjacent to an activating group) is 1. The van der Waals surface area contributed by atoms with Crippen molar-refractivity contribution in [2.75, 3.05) is 27.2 Å². The number of amides is 1. The number of likely N-dealkylation sites (tertiary alicyclic amines) is 1. The van der Waals surface area contributed by atoms with Crippen LogP contribution in [0.4, 0.5) is 0 Å². The number of carbonyl (C=O) groups excluding carboxylic acids is 2. The maximum absolute atomic E-state index is 12.9. The van der Waals surface area contributed by atoms with Gasteiger partial charge in [-0.05, 0) is 43.8 Å². The first kappa shape index (κ1) is 21.9. The molecule has 0 spiro atoms. The van der Waals surface area contributed by atoms with Gasteiger partial charge in [-0.15, -0.1) is 0 Å². The number of phenols is 1. The molecule has 1 saturated heterocycles. The van der Waals surface area contributed by atoms with Crippen molar-refractivity contribution in [3.63, 3.8) is 0 Å². The third-order valence-electron chi connectivity index (χ3n) is 5.25. The van der Waals surface area contributed by atoms with Gasteiger partial charge < -0.3 is 20.0 Å². The minimum absolute atomic E-state index is 0.0183. The van der Waals surface area contributed by atoms with Gasteiger partial charge in [0.05, 0.1) is 16.6 Å². The number of nitrogens with zero attached hydrogens (tertiary/aromatic N) is 2. The van der Waals surface area contributed by atoms with Crippen molar-refractivity contribution in [2.45, 2.75) is 19.4 Å². The first-order valence-corrected chi connectivity index (χ1v) is 10.1. The summed E-state index contributed by atoms with van der Waals surface area (Å²) in [6.45, 7) is 2.87. The van der Waals surface area contributed by atoms with Gasteiger partial charge in [0, 0.05) is 18.7 Å². The molecule has 1 unspecified atom stereocenters. The molecule has 0 aliphatic carbocycles. The van der Waals surface area contributed by atoms with Crippen LogP contribution in [0.1, 0.15) is 29.7 Å². The van der Waals surface area contributed by atoms with Crippen LogP contribution in [0.2, 0.25) is 5.02 Å². The summed E-state index contributed by atoms with van der Waals surface area (Å²) >= 11 is 6.09. The van der Waals surface area contributed by atoms with Crippen molar-refractivity contribution in [2.24, 2.45) is 0 Å². The van der Waals surface area contributed by atoms with E-state index in [1.54, 1.807) is 18.2 Å². The SMILES string of the molecule is CCc1ccc(/C(O)=C2/C(=O)C(=O)N(CCN(C)C)C2c2ccc(O)c(Cl)c2)cc1. The molecule has 7 heteroatoms. The Morgan fingerprint density at radius 1 is 1.13 bits per heavy atom. The summed E-state index contributed by atoms with van der Waals surface area (Å²) in [7, 11) is 3.75. The Bertz CT molecular complexity index is 999. The van der Waals surface area contributed by atoms with E-state index in [-0.39, 0.29) is 22.1 Å². The van der Waals surface area contributed by atoms with Crippen LogP contribution < -0.4 is 0 Å². The third kappa shape index (κ3) is 4.20. The quantitative estimate of drug-likeness (QED) is 0.417. The monoisotopic (exact) mass is 428 g/mol. The molecule has 30 heavy (non-hydrogen) atoms. The van der Waals surface area contributed by atoms with Gasteiger partial charge in [0.2, 0.25) is 0 Å². The van der Waals surface area contributed by atoms with Crippen LogP contribution in [-0.2, 0) is 16.0 Å². The lowest BCUT2D eigenvalue weighted by molar-refractivity contribution is -0.140. The normalized spacial score (nSPS) is 18.4. The van der Waals surface area contributed by atoms with E-state index in [1.165, 1.54) is 17.0 Å². The number of aliphatic hydroxyl groups is 1. The molecule has 1 aliphatic heterocycles. The number of halogens is 1. The average Bonchev–Trinajstić information content (AvgIpc) is 2.98. The average molecular weight is 429 g/mol. The summed E-state index contributed by atoms with van der Waals surface area (Å²) in [4.78, 5) is 29.1. The van der Waals surface area contributed by atoms with E-state index >= 15 is 0 Å². The number of carbonyl (C=O) groups is 2. The second-order valence-electron chi connectivity index (χ2n) is 7.56. The summed E-state index contributed by atoms with van der Waals surface area (Å²) in [6, 6.07) is 11.0. The fourth-order valence-corrected chi connectivity index (χ4v) is 3.70. The Balaban J connectivity index is 2.15. The number of aliphatic hydroxyl groups excluding tert-OH is 1. The molecule has 0 saturated carbocycles. The standard InChI is InChI=1S/C23H25ClN2O4/c1-4-14-5-7-15(8-6-14)21(28)19-20(16-9-10-18(27)17(24)13-16)26(12-11-25(2)3)23(30)22(19)29/h5-10,13,20,27-28H,4,11-12H2,1-3H3/b21-19-. The molecule has 1 atom stereocenters. The molecular weight excluding hydrogens is 404 g/mol. The number of Topliss-reactive ketones (excluding diaryl/α,β-unsaturated/α-hetero) is 1. The van der Waals surface area contributed by atoms with Crippen LogP contribution >= 0.6 is 11.6 Å². The smallest absolute Gasteiger partial charge is 0.295 e. The summed E-state index contributed by atoms with van der Waals surface area (Å²) < 4.78 is 0. The lowest BCUT2D eigenvalue weighted by Crippen LogP contribution is -2.35. The zero-order chi connectivity index (χ0) is 22.0.